The number of nitrogens with zero attached hydrogens (tertiary/aromatic N) is 1. The van der Waals surface area contributed by atoms with Crippen molar-refractivity contribution in [3.05, 3.63) is 9.98 Å². The van der Waals surface area contributed by atoms with Gasteiger partial charge in [0.15, 0.2) is 5.13 Å². The van der Waals surface area contributed by atoms with Crippen LogP contribution < -0.4 is 5.32 Å². The van der Waals surface area contributed by atoms with Gasteiger partial charge in [0.1, 0.15) is 0 Å². The Kier molecular flexibility index (Phi) is 3.66. The van der Waals surface area contributed by atoms with Gasteiger partial charge in [0, 0.05) is 5.41 Å². The molecule has 1 amide bonds. The molecule has 3 nitrogen and oxygen atoms in total. The molecule has 0 aromatic carbocycles. The highest BCUT2D eigenvalue weighted by Crippen LogP contribution is 2.26. The number of hydrogen-bond donors (Lipinski definition) is 1. The summed E-state index contributed by atoms with van der Waals surface area (Å²) in [7, 11) is 0. The molecule has 5 heteroatoms. The van der Waals surface area contributed by atoms with Gasteiger partial charge in [0.05, 0.1) is 9.98 Å². The molecule has 1 N–H and O–H groups in total. The van der Waals surface area contributed by atoms with Crippen LogP contribution in [0.15, 0.2) is 9.98 Å². The molecule has 1 heterocycles. The first-order valence-electron chi connectivity index (χ1n) is 4.38. The van der Waals surface area contributed by atoms with Crippen molar-refractivity contribution in [2.45, 2.75) is 27.2 Å². The number of nitrogens with one attached hydrogen (secondary N) is 1. The minimum absolute atomic E-state index is 0.0156. The molecule has 0 saturated heterocycles. The van der Waals surface area contributed by atoms with E-state index in [2.05, 4.69) is 26.2 Å². The number of hydrogen-bond acceptors (Lipinski definition) is 3. The maximum Gasteiger partial charge on any atom is 0.231 e. The van der Waals surface area contributed by atoms with Crippen molar-refractivity contribution in [3.8, 4) is 0 Å². The van der Waals surface area contributed by atoms with E-state index in [1.807, 2.05) is 20.8 Å². The highest BCUT2D eigenvalue weighted by Gasteiger charge is 2.25. The molecule has 1 aromatic rings. The van der Waals surface area contributed by atoms with E-state index in [4.69, 9.17) is 0 Å². The normalized spacial score (nSPS) is 11.4. The Labute approximate surface area is 96.1 Å². The van der Waals surface area contributed by atoms with E-state index in [0.717, 1.165) is 10.2 Å². The zero-order valence-corrected chi connectivity index (χ0v) is 10.8. The smallest absolute Gasteiger partial charge is 0.231 e. The molecule has 0 spiro atoms. The average Bonchev–Trinajstić information content (AvgIpc) is 2.51. The van der Waals surface area contributed by atoms with E-state index in [1.165, 1.54) is 11.3 Å². The van der Waals surface area contributed by atoms with Crippen molar-refractivity contribution in [2.24, 2.45) is 5.41 Å². The van der Waals surface area contributed by atoms with Gasteiger partial charge in [-0.15, -0.1) is 0 Å². The average molecular weight is 277 g/mol. The summed E-state index contributed by atoms with van der Waals surface area (Å²) in [5.41, 5.74) is -0.335. The third-order valence-electron chi connectivity index (χ3n) is 2.20. The van der Waals surface area contributed by atoms with Crippen LogP contribution >= 0.6 is 27.3 Å². The van der Waals surface area contributed by atoms with Gasteiger partial charge in [0.25, 0.3) is 0 Å². The Hall–Kier alpha value is -0.420. The fraction of sp³-hybridized carbons (Fsp3) is 0.556. The van der Waals surface area contributed by atoms with E-state index in [-0.39, 0.29) is 11.3 Å². The Bertz CT molecular complexity index is 335. The van der Waals surface area contributed by atoms with Gasteiger partial charge in [-0.2, -0.15) is 0 Å². The number of carbonyl (C=O) groups is 1. The number of carbonyl (C=O) groups excluding carboxylic acids is 1. The molecule has 0 aliphatic heterocycles. The minimum atomic E-state index is -0.335. The standard InChI is InChI=1S/C9H13BrN2OS/c1-4-9(2,3)7(13)12-8-11-5-6(10)14-8/h5H,4H2,1-3H3,(H,11,12,13). The van der Waals surface area contributed by atoms with Crippen molar-refractivity contribution >= 4 is 38.3 Å². The molecule has 0 aliphatic rings. The van der Waals surface area contributed by atoms with Crippen LogP contribution in [0.2, 0.25) is 0 Å². The van der Waals surface area contributed by atoms with Crippen LogP contribution in [0.3, 0.4) is 0 Å². The summed E-state index contributed by atoms with van der Waals surface area (Å²) in [5.74, 6) is 0.0156. The molecule has 0 fully saturated rings. The molecule has 1 aromatic heterocycles. The maximum absolute atomic E-state index is 11.7. The van der Waals surface area contributed by atoms with E-state index in [1.54, 1.807) is 6.20 Å². The molecule has 1 rings (SSSR count). The zero-order chi connectivity index (χ0) is 10.8. The Morgan fingerprint density at radius 3 is 2.79 bits per heavy atom. The van der Waals surface area contributed by atoms with Crippen LogP contribution in [0.5, 0.6) is 0 Å². The van der Waals surface area contributed by atoms with Gasteiger partial charge >= 0.3 is 0 Å². The van der Waals surface area contributed by atoms with Crippen LogP contribution in [0.1, 0.15) is 27.2 Å². The van der Waals surface area contributed by atoms with Crippen LogP contribution in [-0.2, 0) is 4.79 Å². The van der Waals surface area contributed by atoms with E-state index in [9.17, 15) is 4.79 Å². The van der Waals surface area contributed by atoms with Crippen molar-refractivity contribution < 1.29 is 4.79 Å². The molecule has 78 valence electrons. The highest BCUT2D eigenvalue weighted by molar-refractivity contribution is 9.11. The van der Waals surface area contributed by atoms with E-state index in [0.29, 0.717) is 5.13 Å². The van der Waals surface area contributed by atoms with Gasteiger partial charge in [0.2, 0.25) is 5.91 Å². The van der Waals surface area contributed by atoms with Crippen LogP contribution in [0, 0.1) is 5.41 Å². The summed E-state index contributed by atoms with van der Waals surface area (Å²) < 4.78 is 0.919. The molecular formula is C9H13BrN2OS. The third-order valence-corrected chi connectivity index (χ3v) is 3.59. The molecule has 0 bridgehead atoms. The SMILES string of the molecule is CCC(C)(C)C(=O)Nc1ncc(Br)s1. The lowest BCUT2D eigenvalue weighted by atomic mass is 9.89. The lowest BCUT2D eigenvalue weighted by Gasteiger charge is -2.20. The van der Waals surface area contributed by atoms with Crippen LogP contribution in [-0.4, -0.2) is 10.9 Å². The summed E-state index contributed by atoms with van der Waals surface area (Å²) >= 11 is 4.71. The second-order valence-electron chi connectivity index (χ2n) is 3.66. The van der Waals surface area contributed by atoms with Crippen molar-refractivity contribution in [2.75, 3.05) is 5.32 Å². The van der Waals surface area contributed by atoms with Gasteiger partial charge in [-0.25, -0.2) is 4.98 Å². The van der Waals surface area contributed by atoms with Crippen molar-refractivity contribution in [3.63, 3.8) is 0 Å². The van der Waals surface area contributed by atoms with Crippen molar-refractivity contribution in [1.82, 2.24) is 4.98 Å². The third kappa shape index (κ3) is 2.78. The van der Waals surface area contributed by atoms with Gasteiger partial charge in [-0.1, -0.05) is 32.1 Å². The summed E-state index contributed by atoms with van der Waals surface area (Å²) in [6.45, 7) is 5.84. The lowest BCUT2D eigenvalue weighted by molar-refractivity contribution is -0.124. The van der Waals surface area contributed by atoms with E-state index >= 15 is 0 Å². The first kappa shape index (κ1) is 11.7. The largest absolute Gasteiger partial charge is 0.301 e. The predicted octanol–water partition coefficient (Wildman–Crippen LogP) is 3.28. The fourth-order valence-corrected chi connectivity index (χ4v) is 1.84. The number of anilines is 1. The topological polar surface area (TPSA) is 42.0 Å². The minimum Gasteiger partial charge on any atom is -0.301 e. The molecular weight excluding hydrogens is 264 g/mol. The zero-order valence-electron chi connectivity index (χ0n) is 8.43. The fourth-order valence-electron chi connectivity index (χ4n) is 0.739. The van der Waals surface area contributed by atoms with Crippen LogP contribution in [0.25, 0.3) is 0 Å². The number of aromatic nitrogens is 1. The predicted molar refractivity (Wildman–Crippen MR) is 62.5 cm³/mol. The maximum atomic E-state index is 11.7. The monoisotopic (exact) mass is 276 g/mol. The molecule has 0 aliphatic carbocycles. The molecule has 0 radical (unpaired) electrons. The molecule has 0 unspecified atom stereocenters. The van der Waals surface area contributed by atoms with E-state index < -0.39 is 0 Å². The summed E-state index contributed by atoms with van der Waals surface area (Å²) in [4.78, 5) is 15.8. The number of rotatable bonds is 3. The molecule has 0 atom stereocenters. The first-order valence-corrected chi connectivity index (χ1v) is 5.99. The second-order valence-corrected chi connectivity index (χ2v) is 6.07. The van der Waals surface area contributed by atoms with Gasteiger partial charge < -0.3 is 5.32 Å². The number of thiazole rings is 1. The first-order chi connectivity index (χ1) is 6.45. The second kappa shape index (κ2) is 4.40. The summed E-state index contributed by atoms with van der Waals surface area (Å²) in [5, 5.41) is 3.43. The van der Waals surface area contributed by atoms with Crippen LogP contribution in [0.4, 0.5) is 5.13 Å². The number of halogens is 1. The number of amides is 1. The Morgan fingerprint density at radius 1 is 1.71 bits per heavy atom. The van der Waals surface area contributed by atoms with Gasteiger partial charge in [-0.05, 0) is 22.4 Å². The summed E-state index contributed by atoms with van der Waals surface area (Å²) in [6.07, 6.45) is 2.49. The molecule has 14 heavy (non-hydrogen) atoms. The molecule has 0 saturated carbocycles. The Balaban J connectivity index is 2.66. The Morgan fingerprint density at radius 2 is 2.36 bits per heavy atom. The van der Waals surface area contributed by atoms with Crippen molar-refractivity contribution in [1.29, 1.82) is 0 Å². The van der Waals surface area contributed by atoms with Gasteiger partial charge in [-0.3, -0.25) is 4.79 Å². The lowest BCUT2D eigenvalue weighted by Crippen LogP contribution is -2.29. The highest BCUT2D eigenvalue weighted by atomic mass is 79.9. The summed E-state index contributed by atoms with van der Waals surface area (Å²) in [6, 6.07) is 0. The quantitative estimate of drug-likeness (QED) is 0.921.